The summed E-state index contributed by atoms with van der Waals surface area (Å²) in [5, 5.41) is 2.92. The predicted octanol–water partition coefficient (Wildman–Crippen LogP) is 4.88. The average Bonchev–Trinajstić information content (AvgIpc) is 2.78. The summed E-state index contributed by atoms with van der Waals surface area (Å²) in [6, 6.07) is 18.9. The standard InChI is InChI=1S/C24H24FNO4/c1-28-22-13-5-17(15-23(22)29-2)6-14-24(27)26-16-18-3-9-20(10-4-18)30-21-11-7-19(25)8-12-21/h3-5,7-13,15H,6,14,16H2,1-2H3,(H,26,27). The molecule has 3 aromatic carbocycles. The maximum atomic E-state index is 12.9. The molecule has 30 heavy (non-hydrogen) atoms. The topological polar surface area (TPSA) is 56.8 Å². The molecule has 1 amide bonds. The van der Waals surface area contributed by atoms with Gasteiger partial charge in [0.15, 0.2) is 11.5 Å². The van der Waals surface area contributed by atoms with Crippen LogP contribution in [0.25, 0.3) is 0 Å². The molecule has 0 heterocycles. The van der Waals surface area contributed by atoms with Crippen molar-refractivity contribution >= 4 is 5.91 Å². The molecule has 156 valence electrons. The van der Waals surface area contributed by atoms with E-state index in [2.05, 4.69) is 5.32 Å². The summed E-state index contributed by atoms with van der Waals surface area (Å²) in [7, 11) is 3.18. The molecule has 0 aliphatic rings. The number of methoxy groups -OCH3 is 2. The minimum Gasteiger partial charge on any atom is -0.493 e. The van der Waals surface area contributed by atoms with Crippen LogP contribution in [0.2, 0.25) is 0 Å². The van der Waals surface area contributed by atoms with Crippen molar-refractivity contribution in [3.63, 3.8) is 0 Å². The molecule has 0 unspecified atom stereocenters. The Balaban J connectivity index is 1.46. The van der Waals surface area contributed by atoms with E-state index >= 15 is 0 Å². The van der Waals surface area contributed by atoms with Crippen LogP contribution in [-0.4, -0.2) is 20.1 Å². The highest BCUT2D eigenvalue weighted by Gasteiger charge is 2.07. The number of hydrogen-bond acceptors (Lipinski definition) is 4. The van der Waals surface area contributed by atoms with Crippen LogP contribution in [0.3, 0.4) is 0 Å². The number of hydrogen-bond donors (Lipinski definition) is 1. The van der Waals surface area contributed by atoms with E-state index in [0.717, 1.165) is 11.1 Å². The van der Waals surface area contributed by atoms with Crippen molar-refractivity contribution in [3.05, 3.63) is 83.7 Å². The van der Waals surface area contributed by atoms with Gasteiger partial charge in [-0.15, -0.1) is 0 Å². The molecular weight excluding hydrogens is 385 g/mol. The van der Waals surface area contributed by atoms with Crippen LogP contribution in [-0.2, 0) is 17.8 Å². The molecule has 0 aliphatic carbocycles. The number of amides is 1. The number of nitrogens with one attached hydrogen (secondary N) is 1. The fourth-order valence-corrected chi connectivity index (χ4v) is 2.90. The van der Waals surface area contributed by atoms with Crippen LogP contribution in [0.5, 0.6) is 23.0 Å². The van der Waals surface area contributed by atoms with E-state index < -0.39 is 0 Å². The fourth-order valence-electron chi connectivity index (χ4n) is 2.90. The number of carbonyl (C=O) groups excluding carboxylic acids is 1. The Kier molecular flexibility index (Phi) is 7.27. The third kappa shape index (κ3) is 5.98. The van der Waals surface area contributed by atoms with Gasteiger partial charge < -0.3 is 19.5 Å². The first-order chi connectivity index (χ1) is 14.6. The SMILES string of the molecule is COc1ccc(CCC(=O)NCc2ccc(Oc3ccc(F)cc3)cc2)cc1OC. The number of ether oxygens (including phenoxy) is 3. The summed E-state index contributed by atoms with van der Waals surface area (Å²) >= 11 is 0. The zero-order valence-electron chi connectivity index (χ0n) is 17.0. The molecule has 0 saturated carbocycles. The van der Waals surface area contributed by atoms with Gasteiger partial charge in [-0.1, -0.05) is 18.2 Å². The molecule has 0 radical (unpaired) electrons. The summed E-state index contributed by atoms with van der Waals surface area (Å²) in [4.78, 5) is 12.2. The van der Waals surface area contributed by atoms with Crippen molar-refractivity contribution in [1.29, 1.82) is 0 Å². The maximum Gasteiger partial charge on any atom is 0.220 e. The molecule has 0 saturated heterocycles. The van der Waals surface area contributed by atoms with E-state index in [4.69, 9.17) is 14.2 Å². The number of carbonyl (C=O) groups is 1. The van der Waals surface area contributed by atoms with Gasteiger partial charge in [-0.3, -0.25) is 4.79 Å². The van der Waals surface area contributed by atoms with Gasteiger partial charge in [0.2, 0.25) is 5.91 Å². The Morgan fingerprint density at radius 1 is 0.833 bits per heavy atom. The summed E-state index contributed by atoms with van der Waals surface area (Å²) in [5.74, 6) is 2.18. The van der Waals surface area contributed by atoms with Gasteiger partial charge in [0, 0.05) is 13.0 Å². The Morgan fingerprint density at radius 2 is 1.43 bits per heavy atom. The van der Waals surface area contributed by atoms with Crippen molar-refractivity contribution in [2.24, 2.45) is 0 Å². The van der Waals surface area contributed by atoms with Gasteiger partial charge >= 0.3 is 0 Å². The molecule has 0 atom stereocenters. The Morgan fingerprint density at radius 3 is 2.07 bits per heavy atom. The van der Waals surface area contributed by atoms with E-state index in [9.17, 15) is 9.18 Å². The number of benzene rings is 3. The average molecular weight is 409 g/mol. The zero-order chi connectivity index (χ0) is 21.3. The lowest BCUT2D eigenvalue weighted by atomic mass is 10.1. The van der Waals surface area contributed by atoms with Crippen LogP contribution in [0, 0.1) is 5.82 Å². The van der Waals surface area contributed by atoms with E-state index in [-0.39, 0.29) is 11.7 Å². The highest BCUT2D eigenvalue weighted by atomic mass is 19.1. The zero-order valence-corrected chi connectivity index (χ0v) is 17.0. The fraction of sp³-hybridized carbons (Fsp3) is 0.208. The lowest BCUT2D eigenvalue weighted by molar-refractivity contribution is -0.121. The molecule has 0 bridgehead atoms. The van der Waals surface area contributed by atoms with Crippen molar-refractivity contribution in [2.75, 3.05) is 14.2 Å². The van der Waals surface area contributed by atoms with Crippen molar-refractivity contribution in [1.82, 2.24) is 5.32 Å². The normalized spacial score (nSPS) is 10.4. The molecule has 0 fully saturated rings. The van der Waals surface area contributed by atoms with E-state index in [1.54, 1.807) is 26.4 Å². The van der Waals surface area contributed by atoms with E-state index in [1.807, 2.05) is 42.5 Å². The van der Waals surface area contributed by atoms with Crippen LogP contribution < -0.4 is 19.5 Å². The Bertz CT molecular complexity index is 972. The van der Waals surface area contributed by atoms with Gasteiger partial charge in [0.05, 0.1) is 14.2 Å². The smallest absolute Gasteiger partial charge is 0.220 e. The number of rotatable bonds is 9. The summed E-state index contributed by atoms with van der Waals surface area (Å²) in [6.07, 6.45) is 0.984. The molecule has 1 N–H and O–H groups in total. The first-order valence-corrected chi connectivity index (χ1v) is 9.57. The third-order valence-electron chi connectivity index (χ3n) is 4.55. The molecular formula is C24H24FNO4. The molecule has 0 aliphatic heterocycles. The highest BCUT2D eigenvalue weighted by molar-refractivity contribution is 5.76. The predicted molar refractivity (Wildman–Crippen MR) is 113 cm³/mol. The van der Waals surface area contributed by atoms with Crippen molar-refractivity contribution in [2.45, 2.75) is 19.4 Å². The summed E-state index contributed by atoms with van der Waals surface area (Å²) < 4.78 is 29.1. The minimum absolute atomic E-state index is 0.0311. The molecule has 0 spiro atoms. The van der Waals surface area contributed by atoms with Gasteiger partial charge in [-0.2, -0.15) is 0 Å². The van der Waals surface area contributed by atoms with E-state index in [1.165, 1.54) is 12.1 Å². The largest absolute Gasteiger partial charge is 0.493 e. The van der Waals surface area contributed by atoms with E-state index in [0.29, 0.717) is 42.4 Å². The minimum atomic E-state index is -0.306. The second kappa shape index (κ2) is 10.3. The summed E-state index contributed by atoms with van der Waals surface area (Å²) in [5.41, 5.74) is 1.96. The Hall–Kier alpha value is -3.54. The monoisotopic (exact) mass is 409 g/mol. The third-order valence-corrected chi connectivity index (χ3v) is 4.55. The first kappa shape index (κ1) is 21.2. The van der Waals surface area contributed by atoms with Crippen LogP contribution >= 0.6 is 0 Å². The molecule has 5 nitrogen and oxygen atoms in total. The molecule has 3 rings (SSSR count). The second-order valence-corrected chi connectivity index (χ2v) is 6.67. The lowest BCUT2D eigenvalue weighted by Gasteiger charge is -2.10. The first-order valence-electron chi connectivity index (χ1n) is 9.57. The lowest BCUT2D eigenvalue weighted by Crippen LogP contribution is -2.22. The number of halogens is 1. The quantitative estimate of drug-likeness (QED) is 0.547. The van der Waals surface area contributed by atoms with Gasteiger partial charge in [-0.05, 0) is 66.1 Å². The molecule has 0 aromatic heterocycles. The summed E-state index contributed by atoms with van der Waals surface area (Å²) in [6.45, 7) is 0.432. The van der Waals surface area contributed by atoms with Crippen LogP contribution in [0.1, 0.15) is 17.5 Å². The highest BCUT2D eigenvalue weighted by Crippen LogP contribution is 2.28. The Labute approximate surface area is 175 Å². The number of aryl methyl sites for hydroxylation is 1. The van der Waals surface area contributed by atoms with Gasteiger partial charge in [0.25, 0.3) is 0 Å². The van der Waals surface area contributed by atoms with Crippen LogP contribution in [0.4, 0.5) is 4.39 Å². The van der Waals surface area contributed by atoms with Crippen LogP contribution in [0.15, 0.2) is 66.7 Å². The second-order valence-electron chi connectivity index (χ2n) is 6.67. The van der Waals surface area contributed by atoms with Gasteiger partial charge in [-0.25, -0.2) is 4.39 Å². The van der Waals surface area contributed by atoms with Crippen molar-refractivity contribution in [3.8, 4) is 23.0 Å². The maximum absolute atomic E-state index is 12.9. The van der Waals surface area contributed by atoms with Crippen molar-refractivity contribution < 1.29 is 23.4 Å². The molecule has 6 heteroatoms. The molecule has 3 aromatic rings. The van der Waals surface area contributed by atoms with Gasteiger partial charge in [0.1, 0.15) is 17.3 Å².